The number of hydrogen-bond donors (Lipinski definition) is 2. The highest BCUT2D eigenvalue weighted by Gasteiger charge is 1.99. The van der Waals surface area contributed by atoms with Crippen molar-refractivity contribution < 1.29 is 18.8 Å². The second-order valence-electron chi connectivity index (χ2n) is 2.78. The Bertz CT molecular complexity index is 370. The van der Waals surface area contributed by atoms with Crippen LogP contribution in [0.2, 0.25) is 0 Å². The highest BCUT2D eigenvalue weighted by molar-refractivity contribution is 5.90. The number of furan rings is 1. The highest BCUT2D eigenvalue weighted by atomic mass is 16.7. The van der Waals surface area contributed by atoms with Gasteiger partial charge in [0.1, 0.15) is 5.76 Å². The Morgan fingerprint density at radius 2 is 2.38 bits per heavy atom. The summed E-state index contributed by atoms with van der Waals surface area (Å²) in [5.41, 5.74) is 2.08. The third kappa shape index (κ3) is 4.43. The molecule has 6 nitrogen and oxygen atoms in total. The van der Waals surface area contributed by atoms with E-state index in [4.69, 9.17) is 4.42 Å². The molecular formula is C10H12N2O4. The molecule has 1 aromatic heterocycles. The van der Waals surface area contributed by atoms with Gasteiger partial charge in [0.25, 0.3) is 5.91 Å². The van der Waals surface area contributed by atoms with E-state index in [9.17, 15) is 9.59 Å². The van der Waals surface area contributed by atoms with Crippen LogP contribution in [-0.2, 0) is 14.4 Å². The van der Waals surface area contributed by atoms with Crippen LogP contribution in [0.5, 0.6) is 0 Å². The van der Waals surface area contributed by atoms with E-state index in [1.165, 1.54) is 25.5 Å². The van der Waals surface area contributed by atoms with Gasteiger partial charge in [-0.15, -0.1) is 0 Å². The van der Waals surface area contributed by atoms with Gasteiger partial charge >= 0.3 is 0 Å². The summed E-state index contributed by atoms with van der Waals surface area (Å²) in [5.74, 6) is -0.239. The van der Waals surface area contributed by atoms with Crippen molar-refractivity contribution in [1.29, 1.82) is 0 Å². The van der Waals surface area contributed by atoms with E-state index in [0.29, 0.717) is 5.76 Å². The summed E-state index contributed by atoms with van der Waals surface area (Å²) in [5, 5.41) is 2.34. The molecule has 0 aliphatic heterocycles. The maximum absolute atomic E-state index is 11.1. The van der Waals surface area contributed by atoms with Crippen LogP contribution in [0, 0.1) is 0 Å². The molecule has 0 fully saturated rings. The van der Waals surface area contributed by atoms with Crippen molar-refractivity contribution in [2.24, 2.45) is 0 Å². The Hall–Kier alpha value is -2.08. The molecule has 1 rings (SSSR count). The molecule has 0 atom stereocenters. The van der Waals surface area contributed by atoms with Crippen LogP contribution in [0.25, 0.3) is 6.08 Å². The fourth-order valence-corrected chi connectivity index (χ4v) is 0.823. The zero-order valence-corrected chi connectivity index (χ0v) is 8.73. The number of likely N-dealkylation sites (N-methyl/N-ethyl adjacent to an activating group) is 1. The second-order valence-corrected chi connectivity index (χ2v) is 2.78. The van der Waals surface area contributed by atoms with Gasteiger partial charge in [-0.3, -0.25) is 14.4 Å². The fraction of sp³-hybridized carbons (Fsp3) is 0.200. The first kappa shape index (κ1) is 12.0. The number of nitrogens with one attached hydrogen (secondary N) is 2. The third-order valence-electron chi connectivity index (χ3n) is 1.60. The average molecular weight is 224 g/mol. The number of carbonyl (C=O) groups excluding carboxylic acids is 2. The third-order valence-corrected chi connectivity index (χ3v) is 1.60. The minimum atomic E-state index is -0.472. The molecule has 1 aromatic rings. The Labute approximate surface area is 92.2 Å². The van der Waals surface area contributed by atoms with Crippen LogP contribution >= 0.6 is 0 Å². The zero-order valence-electron chi connectivity index (χ0n) is 8.73. The first-order valence-corrected chi connectivity index (χ1v) is 4.56. The molecule has 1 heterocycles. The highest BCUT2D eigenvalue weighted by Crippen LogP contribution is 2.01. The standard InChI is InChI=1S/C10H12N2O4/c1-11-10(14)7-16-12-9(13)5-4-8-3-2-6-15-8/h2-6H,7H2,1H3,(H,11,14)(H,12,13)/b5-4+. The summed E-state index contributed by atoms with van der Waals surface area (Å²) in [6, 6.07) is 3.41. The SMILES string of the molecule is CNC(=O)CONC(=O)/C=C/c1ccco1. The summed E-state index contributed by atoms with van der Waals surface area (Å²) in [6.45, 7) is -0.225. The van der Waals surface area contributed by atoms with Crippen molar-refractivity contribution in [1.82, 2.24) is 10.8 Å². The van der Waals surface area contributed by atoms with E-state index < -0.39 is 5.91 Å². The van der Waals surface area contributed by atoms with Crippen LogP contribution in [0.4, 0.5) is 0 Å². The second kappa shape index (κ2) is 6.41. The van der Waals surface area contributed by atoms with E-state index in [1.807, 2.05) is 0 Å². The monoisotopic (exact) mass is 224 g/mol. The minimum absolute atomic E-state index is 0.225. The van der Waals surface area contributed by atoms with Crippen molar-refractivity contribution in [3.63, 3.8) is 0 Å². The summed E-state index contributed by atoms with van der Waals surface area (Å²) in [4.78, 5) is 26.5. The van der Waals surface area contributed by atoms with Crippen LogP contribution in [0.3, 0.4) is 0 Å². The number of hydroxylamine groups is 1. The lowest BCUT2D eigenvalue weighted by Gasteiger charge is -2.01. The summed E-state index contributed by atoms with van der Waals surface area (Å²) < 4.78 is 4.97. The van der Waals surface area contributed by atoms with Crippen molar-refractivity contribution in [2.75, 3.05) is 13.7 Å². The zero-order chi connectivity index (χ0) is 11.8. The lowest BCUT2D eigenvalue weighted by atomic mass is 10.4. The number of carbonyl (C=O) groups is 2. The Kier molecular flexibility index (Phi) is 4.81. The fourth-order valence-electron chi connectivity index (χ4n) is 0.823. The molecule has 2 amide bonds. The van der Waals surface area contributed by atoms with Gasteiger partial charge in [0.2, 0.25) is 5.91 Å². The number of rotatable bonds is 5. The molecule has 86 valence electrons. The molecule has 0 saturated carbocycles. The van der Waals surface area contributed by atoms with E-state index in [1.54, 1.807) is 12.1 Å². The Morgan fingerprint density at radius 3 is 3.00 bits per heavy atom. The van der Waals surface area contributed by atoms with Gasteiger partial charge in [0.05, 0.1) is 6.26 Å². The molecule has 6 heteroatoms. The van der Waals surface area contributed by atoms with Gasteiger partial charge in [0, 0.05) is 13.1 Å². The average Bonchev–Trinajstić information content (AvgIpc) is 2.79. The first-order chi connectivity index (χ1) is 7.72. The molecule has 2 N–H and O–H groups in total. The van der Waals surface area contributed by atoms with Gasteiger partial charge in [-0.05, 0) is 18.2 Å². The van der Waals surface area contributed by atoms with Crippen LogP contribution in [0.15, 0.2) is 28.9 Å². The van der Waals surface area contributed by atoms with Crippen LogP contribution in [-0.4, -0.2) is 25.5 Å². The number of hydrogen-bond acceptors (Lipinski definition) is 4. The van der Waals surface area contributed by atoms with Gasteiger partial charge in [-0.2, -0.15) is 0 Å². The predicted octanol–water partition coefficient (Wildman–Crippen LogP) is 0.0866. The quantitative estimate of drug-likeness (QED) is 0.548. The maximum atomic E-state index is 11.1. The van der Waals surface area contributed by atoms with Crippen molar-refractivity contribution >= 4 is 17.9 Å². The first-order valence-electron chi connectivity index (χ1n) is 4.56. The topological polar surface area (TPSA) is 80.6 Å². The van der Waals surface area contributed by atoms with Crippen LogP contribution < -0.4 is 10.8 Å². The van der Waals surface area contributed by atoms with E-state index in [2.05, 4.69) is 15.6 Å². The van der Waals surface area contributed by atoms with Gasteiger partial charge in [-0.25, -0.2) is 5.48 Å². The van der Waals surface area contributed by atoms with Gasteiger partial charge < -0.3 is 9.73 Å². The smallest absolute Gasteiger partial charge is 0.267 e. The van der Waals surface area contributed by atoms with Crippen molar-refractivity contribution in [3.8, 4) is 0 Å². The molecular weight excluding hydrogens is 212 g/mol. The van der Waals surface area contributed by atoms with Gasteiger partial charge in [0.15, 0.2) is 6.61 Å². The molecule has 0 aliphatic rings. The van der Waals surface area contributed by atoms with Gasteiger partial charge in [-0.1, -0.05) is 0 Å². The minimum Gasteiger partial charge on any atom is -0.465 e. The van der Waals surface area contributed by atoms with E-state index >= 15 is 0 Å². The normalized spacial score (nSPS) is 10.3. The summed E-state index contributed by atoms with van der Waals surface area (Å²) in [7, 11) is 1.48. The van der Waals surface area contributed by atoms with Crippen LogP contribution in [0.1, 0.15) is 5.76 Å². The predicted molar refractivity (Wildman–Crippen MR) is 55.9 cm³/mol. The molecule has 0 saturated heterocycles. The lowest BCUT2D eigenvalue weighted by molar-refractivity contribution is -0.135. The molecule has 0 bridgehead atoms. The number of amides is 2. The molecule has 16 heavy (non-hydrogen) atoms. The molecule has 0 aromatic carbocycles. The largest absolute Gasteiger partial charge is 0.465 e. The van der Waals surface area contributed by atoms with E-state index in [-0.39, 0.29) is 12.5 Å². The van der Waals surface area contributed by atoms with Crippen molar-refractivity contribution in [2.45, 2.75) is 0 Å². The molecule has 0 unspecified atom stereocenters. The molecule has 0 radical (unpaired) electrons. The van der Waals surface area contributed by atoms with E-state index in [0.717, 1.165) is 0 Å². The maximum Gasteiger partial charge on any atom is 0.267 e. The lowest BCUT2D eigenvalue weighted by Crippen LogP contribution is -2.30. The molecule has 0 spiro atoms. The summed E-state index contributed by atoms with van der Waals surface area (Å²) >= 11 is 0. The Balaban J connectivity index is 2.23. The Morgan fingerprint density at radius 1 is 1.56 bits per heavy atom. The molecule has 0 aliphatic carbocycles. The van der Waals surface area contributed by atoms with Crippen molar-refractivity contribution in [3.05, 3.63) is 30.2 Å². The summed E-state index contributed by atoms with van der Waals surface area (Å²) in [6.07, 6.45) is 4.22.